The summed E-state index contributed by atoms with van der Waals surface area (Å²) in [6, 6.07) is 7.54. The molecule has 1 aromatic carbocycles. The maximum Gasteiger partial charge on any atom is 0.275 e. The first-order chi connectivity index (χ1) is 11.7. The van der Waals surface area contributed by atoms with Crippen LogP contribution in [0.3, 0.4) is 0 Å². The molecule has 126 valence electrons. The Morgan fingerprint density at radius 2 is 1.92 bits per heavy atom. The molecule has 0 radical (unpaired) electrons. The second-order valence-electron chi connectivity index (χ2n) is 7.23. The van der Waals surface area contributed by atoms with Crippen LogP contribution in [0.25, 0.3) is 10.8 Å². The molecule has 0 spiro atoms. The SMILES string of the molecule is C[C@@H]1CCN(C(=O)c2n[nH]c(=O)c3ccccc23)[C@@H]2CCCC[C@H]12. The molecule has 2 aromatic rings. The van der Waals surface area contributed by atoms with Gasteiger partial charge in [0.1, 0.15) is 0 Å². The van der Waals surface area contributed by atoms with Crippen LogP contribution in [-0.4, -0.2) is 33.6 Å². The lowest BCUT2D eigenvalue weighted by molar-refractivity contribution is 0.0214. The van der Waals surface area contributed by atoms with Crippen LogP contribution in [0.2, 0.25) is 0 Å². The summed E-state index contributed by atoms with van der Waals surface area (Å²) in [5.41, 5.74) is 0.133. The van der Waals surface area contributed by atoms with Gasteiger partial charge in [0.25, 0.3) is 11.5 Å². The predicted molar refractivity (Wildman–Crippen MR) is 92.9 cm³/mol. The normalized spacial score (nSPS) is 27.0. The Morgan fingerprint density at radius 3 is 2.75 bits per heavy atom. The number of H-pyrrole nitrogens is 1. The second kappa shape index (κ2) is 6.04. The monoisotopic (exact) mass is 325 g/mol. The van der Waals surface area contributed by atoms with E-state index >= 15 is 0 Å². The van der Waals surface area contributed by atoms with Crippen molar-refractivity contribution in [3.05, 3.63) is 40.3 Å². The van der Waals surface area contributed by atoms with Crippen molar-refractivity contribution in [1.29, 1.82) is 0 Å². The molecule has 1 N–H and O–H groups in total. The molecule has 24 heavy (non-hydrogen) atoms. The lowest BCUT2D eigenvalue weighted by atomic mass is 9.72. The summed E-state index contributed by atoms with van der Waals surface area (Å²) in [6.45, 7) is 3.11. The van der Waals surface area contributed by atoms with Crippen molar-refractivity contribution in [3.63, 3.8) is 0 Å². The van der Waals surface area contributed by atoms with E-state index in [-0.39, 0.29) is 11.5 Å². The smallest absolute Gasteiger partial charge is 0.275 e. The summed E-state index contributed by atoms with van der Waals surface area (Å²) < 4.78 is 0. The highest BCUT2D eigenvalue weighted by molar-refractivity contribution is 6.04. The molecule has 1 saturated carbocycles. The van der Waals surface area contributed by atoms with Crippen LogP contribution in [0.15, 0.2) is 29.1 Å². The number of benzene rings is 1. The van der Waals surface area contributed by atoms with Gasteiger partial charge in [-0.2, -0.15) is 5.10 Å². The third kappa shape index (κ3) is 2.43. The number of carbonyl (C=O) groups excluding carboxylic acids is 1. The van der Waals surface area contributed by atoms with Crippen molar-refractivity contribution in [3.8, 4) is 0 Å². The largest absolute Gasteiger partial charge is 0.334 e. The zero-order valence-electron chi connectivity index (χ0n) is 14.0. The Morgan fingerprint density at radius 1 is 1.17 bits per heavy atom. The Balaban J connectivity index is 1.74. The van der Waals surface area contributed by atoms with E-state index in [0.717, 1.165) is 19.4 Å². The van der Waals surface area contributed by atoms with Gasteiger partial charge in [0.15, 0.2) is 5.69 Å². The number of rotatable bonds is 1. The third-order valence-corrected chi connectivity index (χ3v) is 5.90. The number of amides is 1. The first-order valence-electron chi connectivity index (χ1n) is 8.95. The summed E-state index contributed by atoms with van der Waals surface area (Å²) in [7, 11) is 0. The van der Waals surface area contributed by atoms with Gasteiger partial charge in [0.2, 0.25) is 0 Å². The fraction of sp³-hybridized carbons (Fsp3) is 0.526. The Kier molecular flexibility index (Phi) is 3.87. The summed E-state index contributed by atoms with van der Waals surface area (Å²) >= 11 is 0. The van der Waals surface area contributed by atoms with E-state index in [4.69, 9.17) is 0 Å². The molecule has 1 aliphatic heterocycles. The van der Waals surface area contributed by atoms with Crippen molar-refractivity contribution in [2.45, 2.75) is 45.1 Å². The zero-order valence-corrected chi connectivity index (χ0v) is 14.0. The molecule has 0 bridgehead atoms. The fourth-order valence-corrected chi connectivity index (χ4v) is 4.58. The topological polar surface area (TPSA) is 66.1 Å². The third-order valence-electron chi connectivity index (χ3n) is 5.90. The van der Waals surface area contributed by atoms with Crippen LogP contribution in [0, 0.1) is 11.8 Å². The predicted octanol–water partition coefficient (Wildman–Crippen LogP) is 2.96. The van der Waals surface area contributed by atoms with E-state index in [9.17, 15) is 9.59 Å². The van der Waals surface area contributed by atoms with Crippen molar-refractivity contribution in [2.24, 2.45) is 11.8 Å². The standard InChI is InChI=1S/C19H23N3O2/c1-12-10-11-22(16-9-5-4-6-13(12)16)19(24)17-14-7-2-3-8-15(14)18(23)21-20-17/h2-3,7-8,12-13,16H,4-6,9-11H2,1H3,(H,21,23)/t12-,13-,16-/m1/s1. The molecule has 2 heterocycles. The van der Waals surface area contributed by atoms with Gasteiger partial charge in [0, 0.05) is 18.0 Å². The van der Waals surface area contributed by atoms with Gasteiger partial charge in [-0.1, -0.05) is 38.0 Å². The van der Waals surface area contributed by atoms with Gasteiger partial charge < -0.3 is 4.90 Å². The van der Waals surface area contributed by atoms with Crippen LogP contribution < -0.4 is 5.56 Å². The van der Waals surface area contributed by atoms with Gasteiger partial charge >= 0.3 is 0 Å². The quantitative estimate of drug-likeness (QED) is 0.876. The fourth-order valence-electron chi connectivity index (χ4n) is 4.58. The maximum atomic E-state index is 13.2. The number of nitrogens with zero attached hydrogens (tertiary/aromatic N) is 2. The van der Waals surface area contributed by atoms with E-state index in [1.807, 2.05) is 23.1 Å². The molecule has 5 nitrogen and oxygen atoms in total. The summed E-state index contributed by atoms with van der Waals surface area (Å²) in [5.74, 6) is 1.25. The first-order valence-corrected chi connectivity index (χ1v) is 8.95. The average Bonchev–Trinajstić information content (AvgIpc) is 2.62. The second-order valence-corrected chi connectivity index (χ2v) is 7.23. The molecular weight excluding hydrogens is 302 g/mol. The Labute approximate surface area is 141 Å². The number of hydrogen-bond acceptors (Lipinski definition) is 3. The minimum Gasteiger partial charge on any atom is -0.334 e. The van der Waals surface area contributed by atoms with E-state index in [1.165, 1.54) is 19.3 Å². The van der Waals surface area contributed by atoms with Crippen molar-refractivity contribution < 1.29 is 4.79 Å². The van der Waals surface area contributed by atoms with Gasteiger partial charge in [-0.25, -0.2) is 5.10 Å². The number of fused-ring (bicyclic) bond motifs is 2. The zero-order chi connectivity index (χ0) is 16.7. The molecule has 4 rings (SSSR count). The molecule has 2 fully saturated rings. The summed E-state index contributed by atoms with van der Waals surface area (Å²) in [5, 5.41) is 7.78. The van der Waals surface area contributed by atoms with Crippen LogP contribution in [0.1, 0.15) is 49.5 Å². The highest BCUT2D eigenvalue weighted by atomic mass is 16.2. The highest BCUT2D eigenvalue weighted by Gasteiger charge is 2.40. The van der Waals surface area contributed by atoms with Crippen LogP contribution in [0.5, 0.6) is 0 Å². The number of nitrogens with one attached hydrogen (secondary N) is 1. The van der Waals surface area contributed by atoms with Gasteiger partial charge in [-0.15, -0.1) is 0 Å². The maximum absolute atomic E-state index is 13.2. The van der Waals surface area contributed by atoms with Crippen molar-refractivity contribution in [1.82, 2.24) is 15.1 Å². The Hall–Kier alpha value is -2.17. The molecule has 1 saturated heterocycles. The minimum absolute atomic E-state index is 0.0359. The van der Waals surface area contributed by atoms with E-state index in [0.29, 0.717) is 34.3 Å². The number of hydrogen-bond donors (Lipinski definition) is 1. The van der Waals surface area contributed by atoms with E-state index < -0.39 is 0 Å². The van der Waals surface area contributed by atoms with Gasteiger partial charge in [0.05, 0.1) is 5.39 Å². The molecule has 0 unspecified atom stereocenters. The number of piperidine rings is 1. The van der Waals surface area contributed by atoms with Crippen molar-refractivity contribution in [2.75, 3.05) is 6.54 Å². The number of likely N-dealkylation sites (tertiary alicyclic amines) is 1. The highest BCUT2D eigenvalue weighted by Crippen LogP contribution is 2.39. The molecule has 1 amide bonds. The van der Waals surface area contributed by atoms with Crippen molar-refractivity contribution >= 4 is 16.7 Å². The summed E-state index contributed by atoms with van der Waals surface area (Å²) in [4.78, 5) is 27.2. The number of carbonyl (C=O) groups is 1. The minimum atomic E-state index is -0.245. The Bertz CT molecular complexity index is 829. The number of aromatic nitrogens is 2. The molecule has 3 atom stereocenters. The van der Waals surface area contributed by atoms with Gasteiger partial charge in [-0.3, -0.25) is 9.59 Å². The molecule has 5 heteroatoms. The van der Waals surface area contributed by atoms with E-state index in [1.54, 1.807) is 6.07 Å². The van der Waals surface area contributed by atoms with E-state index in [2.05, 4.69) is 17.1 Å². The molecule has 1 aromatic heterocycles. The lowest BCUT2D eigenvalue weighted by Gasteiger charge is -2.47. The summed E-state index contributed by atoms with van der Waals surface area (Å²) in [6.07, 6.45) is 5.82. The van der Waals surface area contributed by atoms with Crippen LogP contribution in [-0.2, 0) is 0 Å². The molecular formula is C19H23N3O2. The molecule has 1 aliphatic carbocycles. The first kappa shape index (κ1) is 15.4. The lowest BCUT2D eigenvalue weighted by Crippen LogP contribution is -2.52. The van der Waals surface area contributed by atoms with Gasteiger partial charge in [-0.05, 0) is 37.2 Å². The average molecular weight is 325 g/mol. The van der Waals surface area contributed by atoms with Crippen LogP contribution in [0.4, 0.5) is 0 Å². The van der Waals surface area contributed by atoms with Crippen LogP contribution >= 0.6 is 0 Å². The number of aromatic amines is 1. The molecule has 2 aliphatic rings.